The zero-order valence-corrected chi connectivity index (χ0v) is 14.0. The summed E-state index contributed by atoms with van der Waals surface area (Å²) in [5.41, 5.74) is 2.87. The first kappa shape index (κ1) is 17.1. The highest BCUT2D eigenvalue weighted by Crippen LogP contribution is 2.36. The molecule has 2 aromatic rings. The number of carbonyl (C=O) groups is 1. The Morgan fingerprint density at radius 1 is 1.24 bits per heavy atom. The highest BCUT2D eigenvalue weighted by molar-refractivity contribution is 5.69. The van der Waals surface area contributed by atoms with Crippen LogP contribution in [-0.2, 0) is 4.74 Å². The molecule has 0 bridgehead atoms. The van der Waals surface area contributed by atoms with Gasteiger partial charge in [0.1, 0.15) is 18.1 Å². The summed E-state index contributed by atoms with van der Waals surface area (Å²) in [6.07, 6.45) is -0.399. The van der Waals surface area contributed by atoms with E-state index in [1.54, 1.807) is 7.11 Å². The van der Waals surface area contributed by atoms with Crippen molar-refractivity contribution in [3.63, 3.8) is 0 Å². The van der Waals surface area contributed by atoms with Crippen LogP contribution >= 0.6 is 0 Å². The van der Waals surface area contributed by atoms with Gasteiger partial charge in [-0.25, -0.2) is 4.79 Å². The quantitative estimate of drug-likeness (QED) is 0.786. The largest absolute Gasteiger partial charge is 0.493 e. The average molecular weight is 343 g/mol. The van der Waals surface area contributed by atoms with E-state index in [9.17, 15) is 4.79 Å². The minimum Gasteiger partial charge on any atom is -0.493 e. The van der Waals surface area contributed by atoms with E-state index in [1.807, 2.05) is 42.5 Å². The molecule has 0 spiro atoms. The molecule has 25 heavy (non-hydrogen) atoms. The van der Waals surface area contributed by atoms with Crippen molar-refractivity contribution in [1.82, 2.24) is 5.32 Å². The van der Waals surface area contributed by atoms with Gasteiger partial charge in [-0.2, -0.15) is 0 Å². The van der Waals surface area contributed by atoms with E-state index >= 15 is 0 Å². The Kier molecular flexibility index (Phi) is 5.40. The van der Waals surface area contributed by atoms with E-state index in [2.05, 4.69) is 5.32 Å². The molecule has 1 aliphatic heterocycles. The number of amides is 1. The summed E-state index contributed by atoms with van der Waals surface area (Å²) < 4.78 is 16.4. The van der Waals surface area contributed by atoms with Gasteiger partial charge in [0.15, 0.2) is 0 Å². The van der Waals surface area contributed by atoms with Gasteiger partial charge < -0.3 is 24.6 Å². The maximum absolute atomic E-state index is 10.9. The third kappa shape index (κ3) is 4.22. The van der Waals surface area contributed by atoms with Crippen molar-refractivity contribution in [3.8, 4) is 22.6 Å². The minimum atomic E-state index is -1.03. The zero-order chi connectivity index (χ0) is 17.6. The fraction of sp³-hybridized carbons (Fsp3) is 0.316. The van der Waals surface area contributed by atoms with Gasteiger partial charge in [-0.1, -0.05) is 24.3 Å². The van der Waals surface area contributed by atoms with E-state index in [4.69, 9.17) is 19.3 Å². The second-order valence-electron chi connectivity index (χ2n) is 5.76. The number of carboxylic acid groups (broad SMARTS) is 1. The molecular formula is C19H21NO5. The average Bonchev–Trinajstić information content (AvgIpc) is 2.62. The predicted molar refractivity (Wildman–Crippen MR) is 93.3 cm³/mol. The summed E-state index contributed by atoms with van der Waals surface area (Å²) >= 11 is 0. The van der Waals surface area contributed by atoms with Crippen molar-refractivity contribution in [2.24, 2.45) is 0 Å². The summed E-state index contributed by atoms with van der Waals surface area (Å²) in [4.78, 5) is 10.9. The van der Waals surface area contributed by atoms with Crippen LogP contribution in [-0.4, -0.2) is 38.1 Å². The summed E-state index contributed by atoms with van der Waals surface area (Å²) in [5.74, 6) is 1.49. The van der Waals surface area contributed by atoms with Crippen LogP contribution in [0.3, 0.4) is 0 Å². The number of rotatable bonds is 6. The van der Waals surface area contributed by atoms with Gasteiger partial charge in [0, 0.05) is 19.1 Å². The first-order valence-electron chi connectivity index (χ1n) is 8.16. The number of benzene rings is 2. The molecule has 0 aliphatic carbocycles. The number of ether oxygens (including phenoxy) is 3. The van der Waals surface area contributed by atoms with Crippen LogP contribution in [0.25, 0.3) is 11.1 Å². The van der Waals surface area contributed by atoms with Crippen LogP contribution in [0.2, 0.25) is 0 Å². The first-order valence-corrected chi connectivity index (χ1v) is 8.16. The van der Waals surface area contributed by atoms with Crippen LogP contribution in [0.1, 0.15) is 18.0 Å². The number of hydrogen-bond acceptors (Lipinski definition) is 4. The van der Waals surface area contributed by atoms with Gasteiger partial charge in [0.05, 0.1) is 19.3 Å². The minimum absolute atomic E-state index is 0.237. The molecule has 132 valence electrons. The molecule has 6 nitrogen and oxygen atoms in total. The summed E-state index contributed by atoms with van der Waals surface area (Å²) in [6.45, 7) is 1.52. The highest BCUT2D eigenvalue weighted by atomic mass is 16.5. The standard InChI is InChI=1S/C19H21NO5/c1-23-9-10-24-15-4-2-3-13(11-15)14-5-6-16-17(20-19(21)22)7-8-25-18(16)12-14/h2-6,11-12,17,20H,7-10H2,1H3,(H,21,22). The first-order chi connectivity index (χ1) is 12.2. The van der Waals surface area contributed by atoms with E-state index in [0.717, 1.165) is 22.4 Å². The lowest BCUT2D eigenvalue weighted by Crippen LogP contribution is -2.30. The van der Waals surface area contributed by atoms with Gasteiger partial charge in [0.2, 0.25) is 0 Å². The maximum atomic E-state index is 10.9. The SMILES string of the molecule is COCCOc1cccc(-c2ccc3c(c2)OCCC3NC(=O)O)c1. The van der Waals surface area contributed by atoms with Crippen molar-refractivity contribution in [1.29, 1.82) is 0 Å². The lowest BCUT2D eigenvalue weighted by molar-refractivity contribution is 0.146. The molecule has 1 aliphatic rings. The summed E-state index contributed by atoms with van der Waals surface area (Å²) in [7, 11) is 1.64. The van der Waals surface area contributed by atoms with Crippen LogP contribution in [0.4, 0.5) is 4.79 Å². The summed E-state index contributed by atoms with van der Waals surface area (Å²) in [5, 5.41) is 11.5. The van der Waals surface area contributed by atoms with Crippen LogP contribution in [0.5, 0.6) is 11.5 Å². The van der Waals surface area contributed by atoms with Gasteiger partial charge in [-0.15, -0.1) is 0 Å². The Hall–Kier alpha value is -2.73. The lowest BCUT2D eigenvalue weighted by atomic mass is 9.96. The highest BCUT2D eigenvalue weighted by Gasteiger charge is 2.23. The van der Waals surface area contributed by atoms with Crippen LogP contribution in [0.15, 0.2) is 42.5 Å². The van der Waals surface area contributed by atoms with Crippen molar-refractivity contribution in [3.05, 3.63) is 48.0 Å². The summed E-state index contributed by atoms with van der Waals surface area (Å²) in [6, 6.07) is 13.4. The number of hydrogen-bond donors (Lipinski definition) is 2. The van der Waals surface area contributed by atoms with Gasteiger partial charge in [0.25, 0.3) is 0 Å². The smallest absolute Gasteiger partial charge is 0.405 e. The topological polar surface area (TPSA) is 77.0 Å². The number of fused-ring (bicyclic) bond motifs is 1. The second kappa shape index (κ2) is 7.90. The van der Waals surface area contributed by atoms with E-state index in [0.29, 0.717) is 32.0 Å². The maximum Gasteiger partial charge on any atom is 0.405 e. The molecule has 3 rings (SSSR count). The molecule has 0 fully saturated rings. The monoisotopic (exact) mass is 343 g/mol. The van der Waals surface area contributed by atoms with E-state index in [1.165, 1.54) is 0 Å². The number of nitrogens with one attached hydrogen (secondary N) is 1. The Balaban J connectivity index is 1.82. The molecule has 0 saturated carbocycles. The Morgan fingerprint density at radius 3 is 2.88 bits per heavy atom. The fourth-order valence-corrected chi connectivity index (χ4v) is 2.88. The van der Waals surface area contributed by atoms with Crippen LogP contribution < -0.4 is 14.8 Å². The Morgan fingerprint density at radius 2 is 2.08 bits per heavy atom. The molecule has 1 amide bonds. The third-order valence-corrected chi connectivity index (χ3v) is 4.07. The Bertz CT molecular complexity index is 746. The van der Waals surface area contributed by atoms with Crippen molar-refractivity contribution in [2.75, 3.05) is 26.9 Å². The molecule has 1 unspecified atom stereocenters. The molecule has 0 saturated heterocycles. The molecule has 0 radical (unpaired) electrons. The van der Waals surface area contributed by atoms with Gasteiger partial charge in [-0.3, -0.25) is 0 Å². The fourth-order valence-electron chi connectivity index (χ4n) is 2.88. The molecule has 2 aromatic carbocycles. The van der Waals surface area contributed by atoms with Crippen molar-refractivity contribution >= 4 is 6.09 Å². The van der Waals surface area contributed by atoms with E-state index in [-0.39, 0.29) is 6.04 Å². The zero-order valence-electron chi connectivity index (χ0n) is 14.0. The number of methoxy groups -OCH3 is 1. The van der Waals surface area contributed by atoms with Crippen LogP contribution in [0, 0.1) is 0 Å². The van der Waals surface area contributed by atoms with Crippen molar-refractivity contribution in [2.45, 2.75) is 12.5 Å². The molecule has 1 heterocycles. The molecule has 6 heteroatoms. The van der Waals surface area contributed by atoms with Gasteiger partial charge in [-0.05, 0) is 29.3 Å². The Labute approximate surface area is 146 Å². The van der Waals surface area contributed by atoms with Crippen molar-refractivity contribution < 1.29 is 24.1 Å². The molecular weight excluding hydrogens is 322 g/mol. The third-order valence-electron chi connectivity index (χ3n) is 4.07. The lowest BCUT2D eigenvalue weighted by Gasteiger charge is -2.26. The molecule has 1 atom stereocenters. The molecule has 2 N–H and O–H groups in total. The van der Waals surface area contributed by atoms with E-state index < -0.39 is 6.09 Å². The normalized spacial score (nSPS) is 15.8. The predicted octanol–water partition coefficient (Wildman–Crippen LogP) is 3.47. The molecule has 0 aromatic heterocycles. The second-order valence-corrected chi connectivity index (χ2v) is 5.76. The van der Waals surface area contributed by atoms with Gasteiger partial charge >= 0.3 is 6.09 Å².